The molecule has 0 saturated carbocycles. The standard InChI is InChI=1S/C26H24ClN3O2.ClH/c27-22-7-3-1-5-20(22)26(31)29-23-8-4-2-6-21(23)25-16-19-10-9-18(15-24(19)32-25)17-30-13-11-28-12-14-30;/h1-10,15-16,28H,11-14,17H2,(H,29,31);1H. The smallest absolute Gasteiger partial charge is 0.257 e. The highest BCUT2D eigenvalue weighted by molar-refractivity contribution is 6.34. The van der Waals surface area contributed by atoms with Crippen LogP contribution in [0.5, 0.6) is 0 Å². The molecule has 3 aromatic carbocycles. The van der Waals surface area contributed by atoms with Crippen LogP contribution in [0.1, 0.15) is 15.9 Å². The van der Waals surface area contributed by atoms with E-state index in [9.17, 15) is 4.79 Å². The lowest BCUT2D eigenvalue weighted by atomic mass is 10.1. The van der Waals surface area contributed by atoms with Crippen LogP contribution in [-0.2, 0) is 6.54 Å². The summed E-state index contributed by atoms with van der Waals surface area (Å²) in [6.07, 6.45) is 0. The number of hydrogen-bond acceptors (Lipinski definition) is 4. The maximum atomic E-state index is 12.8. The summed E-state index contributed by atoms with van der Waals surface area (Å²) in [6.45, 7) is 5.09. The van der Waals surface area contributed by atoms with E-state index in [-0.39, 0.29) is 18.3 Å². The average Bonchev–Trinajstić information content (AvgIpc) is 3.23. The van der Waals surface area contributed by atoms with Crippen molar-refractivity contribution in [2.75, 3.05) is 31.5 Å². The Morgan fingerprint density at radius 1 is 1.00 bits per heavy atom. The summed E-state index contributed by atoms with van der Waals surface area (Å²) in [7, 11) is 0. The largest absolute Gasteiger partial charge is 0.456 e. The van der Waals surface area contributed by atoms with Crippen LogP contribution in [0.3, 0.4) is 0 Å². The second-order valence-electron chi connectivity index (χ2n) is 7.99. The molecule has 1 aromatic heterocycles. The fraction of sp³-hybridized carbons (Fsp3) is 0.192. The van der Waals surface area contributed by atoms with Crippen molar-refractivity contribution >= 4 is 46.6 Å². The minimum atomic E-state index is -0.252. The lowest BCUT2D eigenvalue weighted by molar-refractivity contribution is 0.102. The first kappa shape index (κ1) is 23.3. The first-order valence-electron chi connectivity index (χ1n) is 10.8. The van der Waals surface area contributed by atoms with Gasteiger partial charge >= 0.3 is 0 Å². The van der Waals surface area contributed by atoms with E-state index in [1.165, 1.54) is 5.56 Å². The number of fused-ring (bicyclic) bond motifs is 1. The number of rotatable bonds is 5. The molecule has 5 nitrogen and oxygen atoms in total. The van der Waals surface area contributed by atoms with E-state index >= 15 is 0 Å². The molecule has 0 unspecified atom stereocenters. The van der Waals surface area contributed by atoms with Gasteiger partial charge in [-0.3, -0.25) is 9.69 Å². The predicted molar refractivity (Wildman–Crippen MR) is 136 cm³/mol. The third-order valence-electron chi connectivity index (χ3n) is 5.76. The summed E-state index contributed by atoms with van der Waals surface area (Å²) in [5.74, 6) is 0.465. The number of nitrogens with one attached hydrogen (secondary N) is 2. The number of halogens is 2. The van der Waals surface area contributed by atoms with Gasteiger partial charge in [-0.2, -0.15) is 0 Å². The molecule has 0 aliphatic carbocycles. The van der Waals surface area contributed by atoms with Crippen molar-refractivity contribution in [2.45, 2.75) is 6.54 Å². The molecule has 0 spiro atoms. The molecule has 1 aliphatic rings. The van der Waals surface area contributed by atoms with Crippen molar-refractivity contribution in [3.63, 3.8) is 0 Å². The lowest BCUT2D eigenvalue weighted by Gasteiger charge is -2.27. The number of hydrogen-bond donors (Lipinski definition) is 2. The molecule has 7 heteroatoms. The Kier molecular flexibility index (Phi) is 7.36. The van der Waals surface area contributed by atoms with E-state index in [4.69, 9.17) is 16.0 Å². The van der Waals surface area contributed by atoms with Gasteiger partial charge in [0.1, 0.15) is 11.3 Å². The Balaban J connectivity index is 0.00000259. The number of para-hydroxylation sites is 1. The third-order valence-corrected chi connectivity index (χ3v) is 6.09. The normalized spacial score (nSPS) is 14.1. The number of carbonyl (C=O) groups excluding carboxylic acids is 1. The molecule has 5 rings (SSSR count). The Morgan fingerprint density at radius 2 is 1.76 bits per heavy atom. The zero-order chi connectivity index (χ0) is 21.9. The van der Waals surface area contributed by atoms with Gasteiger partial charge in [0.2, 0.25) is 0 Å². The molecular formula is C26H25Cl2N3O2. The van der Waals surface area contributed by atoms with Gasteiger partial charge in [0.05, 0.1) is 16.3 Å². The highest BCUT2D eigenvalue weighted by Crippen LogP contribution is 2.33. The van der Waals surface area contributed by atoms with Gasteiger partial charge in [0.15, 0.2) is 0 Å². The van der Waals surface area contributed by atoms with Crippen LogP contribution in [0.15, 0.2) is 77.2 Å². The first-order valence-corrected chi connectivity index (χ1v) is 11.2. The van der Waals surface area contributed by atoms with Crippen LogP contribution in [0.25, 0.3) is 22.3 Å². The van der Waals surface area contributed by atoms with Gasteiger partial charge in [0, 0.05) is 43.7 Å². The van der Waals surface area contributed by atoms with Gasteiger partial charge in [-0.05, 0) is 42.0 Å². The van der Waals surface area contributed by atoms with Crippen LogP contribution in [0.4, 0.5) is 5.69 Å². The van der Waals surface area contributed by atoms with Gasteiger partial charge in [-0.25, -0.2) is 0 Å². The third kappa shape index (κ3) is 5.23. The van der Waals surface area contributed by atoms with Crippen molar-refractivity contribution < 1.29 is 9.21 Å². The van der Waals surface area contributed by atoms with Crippen LogP contribution < -0.4 is 10.6 Å². The molecular weight excluding hydrogens is 457 g/mol. The summed E-state index contributed by atoms with van der Waals surface area (Å²) in [6, 6.07) is 23.1. The summed E-state index contributed by atoms with van der Waals surface area (Å²) in [5, 5.41) is 7.82. The molecule has 0 atom stereocenters. The van der Waals surface area contributed by atoms with E-state index in [0.717, 1.165) is 55.0 Å². The molecule has 1 amide bonds. The van der Waals surface area contributed by atoms with E-state index in [1.807, 2.05) is 30.3 Å². The molecule has 1 aliphatic heterocycles. The summed E-state index contributed by atoms with van der Waals surface area (Å²) in [4.78, 5) is 15.2. The van der Waals surface area contributed by atoms with Crippen LogP contribution >= 0.6 is 24.0 Å². The van der Waals surface area contributed by atoms with Crippen molar-refractivity contribution in [3.8, 4) is 11.3 Å². The van der Waals surface area contributed by atoms with Crippen molar-refractivity contribution in [2.24, 2.45) is 0 Å². The summed E-state index contributed by atoms with van der Waals surface area (Å²) < 4.78 is 6.23. The van der Waals surface area contributed by atoms with Gasteiger partial charge in [-0.15, -0.1) is 12.4 Å². The Bertz CT molecular complexity index is 1270. The fourth-order valence-electron chi connectivity index (χ4n) is 4.08. The quantitative estimate of drug-likeness (QED) is 0.376. The van der Waals surface area contributed by atoms with E-state index in [0.29, 0.717) is 16.3 Å². The molecule has 2 N–H and O–H groups in total. The zero-order valence-electron chi connectivity index (χ0n) is 18.0. The molecule has 1 fully saturated rings. The molecule has 33 heavy (non-hydrogen) atoms. The molecule has 0 radical (unpaired) electrons. The number of benzene rings is 3. The Morgan fingerprint density at radius 3 is 2.58 bits per heavy atom. The topological polar surface area (TPSA) is 57.5 Å². The minimum absolute atomic E-state index is 0. The van der Waals surface area contributed by atoms with E-state index in [2.05, 4.69) is 33.7 Å². The Labute approximate surface area is 204 Å². The predicted octanol–water partition coefficient (Wildman–Crippen LogP) is 5.83. The number of carbonyl (C=O) groups is 1. The number of amides is 1. The maximum absolute atomic E-state index is 12.8. The zero-order valence-corrected chi connectivity index (χ0v) is 19.6. The number of furan rings is 1. The second-order valence-corrected chi connectivity index (χ2v) is 8.40. The molecule has 170 valence electrons. The first-order chi connectivity index (χ1) is 15.7. The van der Waals surface area contributed by atoms with Crippen molar-refractivity contribution in [1.29, 1.82) is 0 Å². The van der Waals surface area contributed by atoms with Crippen molar-refractivity contribution in [3.05, 3.63) is 88.9 Å². The van der Waals surface area contributed by atoms with Crippen LogP contribution in [-0.4, -0.2) is 37.0 Å². The van der Waals surface area contributed by atoms with E-state index < -0.39 is 0 Å². The molecule has 2 heterocycles. The number of nitrogens with zero attached hydrogens (tertiary/aromatic N) is 1. The average molecular weight is 482 g/mol. The summed E-state index contributed by atoms with van der Waals surface area (Å²) in [5.41, 5.74) is 4.02. The monoisotopic (exact) mass is 481 g/mol. The van der Waals surface area contributed by atoms with Gasteiger partial charge < -0.3 is 15.1 Å². The SMILES string of the molecule is Cl.O=C(Nc1ccccc1-c1cc2ccc(CN3CCNCC3)cc2o1)c1ccccc1Cl. The molecule has 4 aromatic rings. The second kappa shape index (κ2) is 10.4. The van der Waals surface area contributed by atoms with Crippen LogP contribution in [0.2, 0.25) is 5.02 Å². The van der Waals surface area contributed by atoms with Crippen LogP contribution in [0, 0.1) is 0 Å². The molecule has 1 saturated heterocycles. The lowest BCUT2D eigenvalue weighted by Crippen LogP contribution is -2.42. The minimum Gasteiger partial charge on any atom is -0.456 e. The van der Waals surface area contributed by atoms with Gasteiger partial charge in [-0.1, -0.05) is 48.0 Å². The number of anilines is 1. The summed E-state index contributed by atoms with van der Waals surface area (Å²) >= 11 is 6.19. The van der Waals surface area contributed by atoms with E-state index in [1.54, 1.807) is 24.3 Å². The molecule has 0 bridgehead atoms. The Hall–Kier alpha value is -2.83. The number of piperazine rings is 1. The van der Waals surface area contributed by atoms with Gasteiger partial charge in [0.25, 0.3) is 5.91 Å². The maximum Gasteiger partial charge on any atom is 0.257 e. The van der Waals surface area contributed by atoms with Crippen molar-refractivity contribution in [1.82, 2.24) is 10.2 Å². The fourth-order valence-corrected chi connectivity index (χ4v) is 4.30. The highest BCUT2D eigenvalue weighted by atomic mass is 35.5. The highest BCUT2D eigenvalue weighted by Gasteiger charge is 2.16.